The zero-order valence-electron chi connectivity index (χ0n) is 12.3. The SMILES string of the molecule is CCCN(CC1CCCNC1)C(=O)Nc1ccccc1. The molecule has 2 amide bonds. The normalized spacial score (nSPS) is 18.6. The third kappa shape index (κ3) is 4.53. The molecule has 0 saturated carbocycles. The number of piperidine rings is 1. The first-order chi connectivity index (χ1) is 9.79. The molecule has 20 heavy (non-hydrogen) atoms. The fourth-order valence-electron chi connectivity index (χ4n) is 2.66. The minimum Gasteiger partial charge on any atom is -0.324 e. The Balaban J connectivity index is 1.90. The summed E-state index contributed by atoms with van der Waals surface area (Å²) < 4.78 is 0. The van der Waals surface area contributed by atoms with Gasteiger partial charge in [0.25, 0.3) is 0 Å². The number of para-hydroxylation sites is 1. The number of amides is 2. The van der Waals surface area contributed by atoms with E-state index in [1.165, 1.54) is 12.8 Å². The molecular weight excluding hydrogens is 250 g/mol. The second kappa shape index (κ2) is 7.90. The highest BCUT2D eigenvalue weighted by molar-refractivity contribution is 5.89. The van der Waals surface area contributed by atoms with Gasteiger partial charge < -0.3 is 15.5 Å². The number of urea groups is 1. The summed E-state index contributed by atoms with van der Waals surface area (Å²) in [5.74, 6) is 0.580. The van der Waals surface area contributed by atoms with Crippen molar-refractivity contribution in [1.82, 2.24) is 10.2 Å². The van der Waals surface area contributed by atoms with Crippen molar-refractivity contribution >= 4 is 11.7 Å². The molecule has 1 aliphatic rings. The van der Waals surface area contributed by atoms with Crippen molar-refractivity contribution in [2.45, 2.75) is 26.2 Å². The number of benzene rings is 1. The average molecular weight is 275 g/mol. The fraction of sp³-hybridized carbons (Fsp3) is 0.562. The van der Waals surface area contributed by atoms with Crippen molar-refractivity contribution in [1.29, 1.82) is 0 Å². The second-order valence-corrected chi connectivity index (χ2v) is 5.45. The van der Waals surface area contributed by atoms with Gasteiger partial charge in [0.15, 0.2) is 0 Å². The molecule has 0 spiro atoms. The van der Waals surface area contributed by atoms with Crippen LogP contribution in [0.2, 0.25) is 0 Å². The van der Waals surface area contributed by atoms with Crippen molar-refractivity contribution in [2.75, 3.05) is 31.5 Å². The predicted octanol–water partition coefficient (Wildman–Crippen LogP) is 2.93. The van der Waals surface area contributed by atoms with Gasteiger partial charge in [-0.2, -0.15) is 0 Å². The van der Waals surface area contributed by atoms with E-state index in [2.05, 4.69) is 17.6 Å². The van der Waals surface area contributed by atoms with Crippen LogP contribution in [0.25, 0.3) is 0 Å². The molecule has 2 rings (SSSR count). The van der Waals surface area contributed by atoms with Crippen LogP contribution in [0.4, 0.5) is 10.5 Å². The summed E-state index contributed by atoms with van der Waals surface area (Å²) >= 11 is 0. The Morgan fingerprint density at radius 1 is 1.40 bits per heavy atom. The van der Waals surface area contributed by atoms with Gasteiger partial charge in [-0.1, -0.05) is 25.1 Å². The molecule has 1 atom stereocenters. The number of carbonyl (C=O) groups is 1. The molecule has 2 N–H and O–H groups in total. The third-order valence-corrected chi connectivity index (χ3v) is 3.68. The molecule has 1 heterocycles. The quantitative estimate of drug-likeness (QED) is 0.868. The molecule has 110 valence electrons. The molecule has 1 aromatic rings. The number of hydrogen-bond donors (Lipinski definition) is 2. The lowest BCUT2D eigenvalue weighted by atomic mass is 9.99. The molecular formula is C16H25N3O. The maximum absolute atomic E-state index is 12.4. The van der Waals surface area contributed by atoms with Crippen LogP contribution in [0.15, 0.2) is 30.3 Å². The molecule has 4 heteroatoms. The van der Waals surface area contributed by atoms with Crippen LogP contribution in [-0.2, 0) is 0 Å². The van der Waals surface area contributed by atoms with Gasteiger partial charge in [-0.25, -0.2) is 4.79 Å². The van der Waals surface area contributed by atoms with Gasteiger partial charge in [-0.05, 0) is 50.4 Å². The van der Waals surface area contributed by atoms with Crippen molar-refractivity contribution in [2.24, 2.45) is 5.92 Å². The predicted molar refractivity (Wildman–Crippen MR) is 82.9 cm³/mol. The minimum absolute atomic E-state index is 0.0172. The number of nitrogens with one attached hydrogen (secondary N) is 2. The molecule has 4 nitrogen and oxygen atoms in total. The minimum atomic E-state index is 0.0172. The molecule has 1 saturated heterocycles. The Morgan fingerprint density at radius 3 is 2.85 bits per heavy atom. The van der Waals surface area contributed by atoms with Crippen LogP contribution in [-0.4, -0.2) is 37.1 Å². The summed E-state index contributed by atoms with van der Waals surface area (Å²) in [6, 6.07) is 9.68. The van der Waals surface area contributed by atoms with Crippen LogP contribution in [0, 0.1) is 5.92 Å². The zero-order valence-corrected chi connectivity index (χ0v) is 12.3. The number of rotatable bonds is 5. The average Bonchev–Trinajstić information content (AvgIpc) is 2.49. The second-order valence-electron chi connectivity index (χ2n) is 5.45. The van der Waals surface area contributed by atoms with Crippen LogP contribution in [0.3, 0.4) is 0 Å². The molecule has 0 bridgehead atoms. The summed E-state index contributed by atoms with van der Waals surface area (Å²) in [7, 11) is 0. The first kappa shape index (κ1) is 14.9. The van der Waals surface area contributed by atoms with Crippen LogP contribution in [0.1, 0.15) is 26.2 Å². The van der Waals surface area contributed by atoms with Crippen molar-refractivity contribution in [3.63, 3.8) is 0 Å². The van der Waals surface area contributed by atoms with E-state index in [0.29, 0.717) is 5.92 Å². The maximum Gasteiger partial charge on any atom is 0.321 e. The Labute approximate surface area is 121 Å². The first-order valence-corrected chi connectivity index (χ1v) is 7.61. The van der Waals surface area contributed by atoms with Crippen LogP contribution >= 0.6 is 0 Å². The van der Waals surface area contributed by atoms with Gasteiger partial charge in [0.1, 0.15) is 0 Å². The zero-order chi connectivity index (χ0) is 14.2. The lowest BCUT2D eigenvalue weighted by molar-refractivity contribution is 0.193. The highest BCUT2D eigenvalue weighted by Gasteiger charge is 2.20. The number of nitrogens with zero attached hydrogens (tertiary/aromatic N) is 1. The number of carbonyl (C=O) groups excluding carboxylic acids is 1. The van der Waals surface area contributed by atoms with Gasteiger partial charge in [0.2, 0.25) is 0 Å². The summed E-state index contributed by atoms with van der Waals surface area (Å²) in [6.45, 7) is 5.91. The van der Waals surface area contributed by atoms with Crippen LogP contribution in [0.5, 0.6) is 0 Å². The molecule has 1 unspecified atom stereocenters. The summed E-state index contributed by atoms with van der Waals surface area (Å²) in [5, 5.41) is 6.40. The molecule has 0 aliphatic carbocycles. The van der Waals surface area contributed by atoms with E-state index in [9.17, 15) is 4.79 Å². The summed E-state index contributed by atoms with van der Waals surface area (Å²) in [6.07, 6.45) is 3.42. The van der Waals surface area contributed by atoms with E-state index in [1.54, 1.807) is 0 Å². The van der Waals surface area contributed by atoms with Crippen molar-refractivity contribution in [3.05, 3.63) is 30.3 Å². The maximum atomic E-state index is 12.4. The van der Waals surface area contributed by atoms with E-state index >= 15 is 0 Å². The first-order valence-electron chi connectivity index (χ1n) is 7.61. The lowest BCUT2D eigenvalue weighted by Crippen LogP contribution is -2.43. The lowest BCUT2D eigenvalue weighted by Gasteiger charge is -2.30. The number of hydrogen-bond acceptors (Lipinski definition) is 2. The van der Waals surface area contributed by atoms with Crippen molar-refractivity contribution < 1.29 is 4.79 Å². The van der Waals surface area contributed by atoms with E-state index in [0.717, 1.165) is 38.3 Å². The highest BCUT2D eigenvalue weighted by Crippen LogP contribution is 2.14. The number of anilines is 1. The highest BCUT2D eigenvalue weighted by atomic mass is 16.2. The monoisotopic (exact) mass is 275 g/mol. The topological polar surface area (TPSA) is 44.4 Å². The Bertz CT molecular complexity index is 401. The van der Waals surface area contributed by atoms with E-state index in [4.69, 9.17) is 0 Å². The van der Waals surface area contributed by atoms with E-state index < -0.39 is 0 Å². The molecule has 1 fully saturated rings. The molecule has 0 aromatic heterocycles. The summed E-state index contributed by atoms with van der Waals surface area (Å²) in [4.78, 5) is 14.3. The largest absolute Gasteiger partial charge is 0.324 e. The standard InChI is InChI=1S/C16H25N3O/c1-2-11-19(13-14-7-6-10-17-12-14)16(20)18-15-8-4-3-5-9-15/h3-5,8-9,14,17H,2,6-7,10-13H2,1H3,(H,18,20). The van der Waals surface area contributed by atoms with E-state index in [1.807, 2.05) is 35.2 Å². The molecule has 1 aromatic carbocycles. The third-order valence-electron chi connectivity index (χ3n) is 3.68. The molecule has 0 radical (unpaired) electrons. The van der Waals surface area contributed by atoms with Gasteiger partial charge in [-0.3, -0.25) is 0 Å². The van der Waals surface area contributed by atoms with Gasteiger partial charge >= 0.3 is 6.03 Å². The molecule has 1 aliphatic heterocycles. The van der Waals surface area contributed by atoms with Crippen molar-refractivity contribution in [3.8, 4) is 0 Å². The van der Waals surface area contributed by atoms with Gasteiger partial charge in [-0.15, -0.1) is 0 Å². The Kier molecular flexibility index (Phi) is 5.87. The van der Waals surface area contributed by atoms with Gasteiger partial charge in [0.05, 0.1) is 0 Å². The smallest absolute Gasteiger partial charge is 0.321 e. The Hall–Kier alpha value is -1.55. The van der Waals surface area contributed by atoms with Gasteiger partial charge in [0, 0.05) is 18.8 Å². The van der Waals surface area contributed by atoms with E-state index in [-0.39, 0.29) is 6.03 Å². The Morgan fingerprint density at radius 2 is 2.20 bits per heavy atom. The van der Waals surface area contributed by atoms with Crippen LogP contribution < -0.4 is 10.6 Å². The summed E-state index contributed by atoms with van der Waals surface area (Å²) in [5.41, 5.74) is 0.861. The fourth-order valence-corrected chi connectivity index (χ4v) is 2.66.